The van der Waals surface area contributed by atoms with Crippen LogP contribution in [0, 0.1) is 5.92 Å². The number of carbonyl (C=O) groups is 2. The van der Waals surface area contributed by atoms with Crippen molar-refractivity contribution in [3.63, 3.8) is 0 Å². The zero-order valence-corrected chi connectivity index (χ0v) is 26.8. The van der Waals surface area contributed by atoms with Gasteiger partial charge in [-0.05, 0) is 81.5 Å². The van der Waals surface area contributed by atoms with Crippen LogP contribution >= 0.6 is 23.2 Å². The molecule has 1 aromatic heterocycles. The molecule has 10 heteroatoms. The maximum absolute atomic E-state index is 12.8. The Morgan fingerprint density at radius 3 is 2.14 bits per heavy atom. The van der Waals surface area contributed by atoms with Crippen LogP contribution in [-0.4, -0.2) is 55.7 Å². The van der Waals surface area contributed by atoms with Crippen LogP contribution in [0.1, 0.15) is 52.1 Å². The van der Waals surface area contributed by atoms with E-state index in [4.69, 9.17) is 27.9 Å². The van der Waals surface area contributed by atoms with E-state index >= 15 is 0 Å². The molecule has 3 atom stereocenters. The summed E-state index contributed by atoms with van der Waals surface area (Å²) in [6.45, 7) is 8.00. The molecule has 1 saturated heterocycles. The number of nitrogens with zero attached hydrogens (tertiary/aromatic N) is 2. The fourth-order valence-electron chi connectivity index (χ4n) is 4.31. The molecule has 1 N–H and O–H groups in total. The first-order chi connectivity index (χ1) is 20.0. The SMILES string of the molecule is CC(=O)Nc1ccccn1.CC(C)(C)S(=O)CC(C1CC1)N1C(=O)COCC1c1ccc(Cl)cc1.Clc1ccccc1. The summed E-state index contributed by atoms with van der Waals surface area (Å²) in [5, 5.41) is 4.02. The van der Waals surface area contributed by atoms with E-state index in [9.17, 15) is 13.8 Å². The Hall–Kier alpha value is -2.78. The third-order valence-corrected chi connectivity index (χ3v) is 9.12. The summed E-state index contributed by atoms with van der Waals surface area (Å²) in [5.74, 6) is 1.47. The second kappa shape index (κ2) is 16.2. The molecule has 42 heavy (non-hydrogen) atoms. The minimum absolute atomic E-state index is 0.00555. The number of pyridine rings is 1. The Morgan fingerprint density at radius 2 is 1.64 bits per heavy atom. The van der Waals surface area contributed by atoms with Gasteiger partial charge < -0.3 is 15.0 Å². The summed E-state index contributed by atoms with van der Waals surface area (Å²) in [7, 11) is -0.995. The molecular weight excluding hydrogens is 593 g/mol. The van der Waals surface area contributed by atoms with E-state index in [1.54, 1.807) is 18.3 Å². The van der Waals surface area contributed by atoms with Crippen molar-refractivity contribution in [2.45, 2.75) is 57.4 Å². The van der Waals surface area contributed by atoms with E-state index < -0.39 is 10.8 Å². The van der Waals surface area contributed by atoms with Gasteiger partial charge in [0.25, 0.3) is 0 Å². The van der Waals surface area contributed by atoms with Crippen LogP contribution in [0.25, 0.3) is 0 Å². The molecule has 5 rings (SSSR count). The number of nitrogens with one attached hydrogen (secondary N) is 1. The van der Waals surface area contributed by atoms with Crippen molar-refractivity contribution in [2.75, 3.05) is 24.3 Å². The van der Waals surface area contributed by atoms with Crippen molar-refractivity contribution in [2.24, 2.45) is 5.92 Å². The van der Waals surface area contributed by atoms with Crippen molar-refractivity contribution in [3.8, 4) is 0 Å². The topological polar surface area (TPSA) is 88.6 Å². The number of aromatic nitrogens is 1. The number of morpholine rings is 1. The molecule has 0 radical (unpaired) electrons. The molecule has 0 bridgehead atoms. The average Bonchev–Trinajstić information content (AvgIpc) is 3.79. The number of anilines is 1. The lowest BCUT2D eigenvalue weighted by Gasteiger charge is -2.42. The van der Waals surface area contributed by atoms with Gasteiger partial charge in [0.15, 0.2) is 0 Å². The number of carbonyl (C=O) groups excluding carboxylic acids is 2. The van der Waals surface area contributed by atoms with Crippen LogP contribution in [0.5, 0.6) is 0 Å². The number of halogens is 2. The van der Waals surface area contributed by atoms with Crippen LogP contribution in [0.3, 0.4) is 0 Å². The van der Waals surface area contributed by atoms with Gasteiger partial charge in [-0.25, -0.2) is 4.98 Å². The molecule has 2 aliphatic rings. The van der Waals surface area contributed by atoms with Gasteiger partial charge in [-0.15, -0.1) is 0 Å². The fraction of sp³-hybridized carbons (Fsp3) is 0.406. The predicted octanol–water partition coefficient (Wildman–Crippen LogP) is 6.95. The number of hydrogen-bond acceptors (Lipinski definition) is 5. The van der Waals surface area contributed by atoms with E-state index in [2.05, 4.69) is 10.3 Å². The summed E-state index contributed by atoms with van der Waals surface area (Å²) in [5.41, 5.74) is 1.02. The standard InChI is InChI=1S/C19H26ClNO3S.C7H8N2O.C6H5Cl/c1-19(2,3)25(23)12-17(14-4-5-14)21-16(10-24-11-18(21)22)13-6-8-15(20)9-7-13;1-6(10)9-7-4-2-3-5-8-7;7-6-4-2-1-3-5-6/h6-9,14,16-17H,4-5,10-12H2,1-3H3;2-5H,1H3,(H,8,9,10);1-5H. The van der Waals surface area contributed by atoms with Gasteiger partial charge >= 0.3 is 0 Å². The second-order valence-corrected chi connectivity index (χ2v) is 14.2. The number of benzene rings is 2. The molecule has 1 aliphatic carbocycles. The summed E-state index contributed by atoms with van der Waals surface area (Å²) in [4.78, 5) is 29.0. The van der Waals surface area contributed by atoms with Crippen molar-refractivity contribution in [1.82, 2.24) is 9.88 Å². The maximum atomic E-state index is 12.8. The Labute approximate surface area is 261 Å². The smallest absolute Gasteiger partial charge is 0.249 e. The molecule has 2 amide bonds. The Bertz CT molecular complexity index is 1300. The molecule has 3 aromatic rings. The van der Waals surface area contributed by atoms with Crippen molar-refractivity contribution in [3.05, 3.63) is 94.6 Å². The van der Waals surface area contributed by atoms with Gasteiger partial charge in [0.1, 0.15) is 12.4 Å². The minimum Gasteiger partial charge on any atom is -0.369 e. The van der Waals surface area contributed by atoms with E-state index in [1.165, 1.54) is 6.92 Å². The summed E-state index contributed by atoms with van der Waals surface area (Å²) < 4.78 is 18.0. The van der Waals surface area contributed by atoms with E-state index in [0.29, 0.717) is 29.1 Å². The van der Waals surface area contributed by atoms with E-state index in [1.807, 2.05) is 86.3 Å². The summed E-state index contributed by atoms with van der Waals surface area (Å²) >= 11 is 11.5. The molecule has 0 spiro atoms. The molecule has 3 unspecified atom stereocenters. The number of amides is 2. The van der Waals surface area contributed by atoms with E-state index in [-0.39, 0.29) is 35.3 Å². The zero-order chi connectivity index (χ0) is 30.7. The highest BCUT2D eigenvalue weighted by molar-refractivity contribution is 7.86. The van der Waals surface area contributed by atoms with Crippen LogP contribution in [-0.2, 0) is 25.1 Å². The molecule has 7 nitrogen and oxygen atoms in total. The van der Waals surface area contributed by atoms with Gasteiger partial charge in [0.2, 0.25) is 11.8 Å². The number of hydrogen-bond donors (Lipinski definition) is 1. The van der Waals surface area contributed by atoms with Crippen molar-refractivity contribution < 1.29 is 18.5 Å². The largest absolute Gasteiger partial charge is 0.369 e. The lowest BCUT2D eigenvalue weighted by atomic mass is 10.0. The first-order valence-corrected chi connectivity index (χ1v) is 15.9. The average molecular weight is 633 g/mol. The fourth-order valence-corrected chi connectivity index (χ4v) is 5.82. The number of rotatable bonds is 6. The van der Waals surface area contributed by atoms with Crippen LogP contribution < -0.4 is 5.32 Å². The highest BCUT2D eigenvalue weighted by atomic mass is 35.5. The Balaban J connectivity index is 0.000000231. The highest BCUT2D eigenvalue weighted by Gasteiger charge is 2.44. The summed E-state index contributed by atoms with van der Waals surface area (Å²) in [6, 6.07) is 22.3. The molecule has 2 fully saturated rings. The second-order valence-electron chi connectivity index (χ2n) is 11.1. The molecule has 2 heterocycles. The van der Waals surface area contributed by atoms with Gasteiger partial charge in [0, 0.05) is 50.5 Å². The highest BCUT2D eigenvalue weighted by Crippen LogP contribution is 2.40. The Kier molecular flexibility index (Phi) is 13.0. The van der Waals surface area contributed by atoms with Crippen molar-refractivity contribution >= 4 is 51.6 Å². The Morgan fingerprint density at radius 1 is 1.02 bits per heavy atom. The first-order valence-electron chi connectivity index (χ1n) is 13.9. The molecular formula is C32H39Cl2N3O4S. The van der Waals surface area contributed by atoms with Gasteiger partial charge in [-0.1, -0.05) is 59.6 Å². The lowest BCUT2D eigenvalue weighted by molar-refractivity contribution is -0.152. The lowest BCUT2D eigenvalue weighted by Crippen LogP contribution is -2.53. The molecule has 1 aliphatic heterocycles. The quantitative estimate of drug-likeness (QED) is 0.318. The van der Waals surface area contributed by atoms with Crippen LogP contribution in [0.2, 0.25) is 10.0 Å². The maximum Gasteiger partial charge on any atom is 0.249 e. The van der Waals surface area contributed by atoms with Gasteiger partial charge in [-0.2, -0.15) is 0 Å². The first kappa shape index (κ1) is 33.7. The summed E-state index contributed by atoms with van der Waals surface area (Å²) in [6.07, 6.45) is 3.83. The van der Waals surface area contributed by atoms with Crippen LogP contribution in [0.15, 0.2) is 79.0 Å². The normalized spacial score (nSPS) is 18.0. The van der Waals surface area contributed by atoms with Crippen molar-refractivity contribution in [1.29, 1.82) is 0 Å². The monoisotopic (exact) mass is 631 g/mol. The predicted molar refractivity (Wildman–Crippen MR) is 171 cm³/mol. The molecule has 226 valence electrons. The van der Waals surface area contributed by atoms with Gasteiger partial charge in [-0.3, -0.25) is 13.8 Å². The molecule has 1 saturated carbocycles. The van der Waals surface area contributed by atoms with Gasteiger partial charge in [0.05, 0.1) is 12.6 Å². The van der Waals surface area contributed by atoms with E-state index in [0.717, 1.165) is 23.4 Å². The number of ether oxygens (including phenoxy) is 1. The molecule has 2 aromatic carbocycles. The van der Waals surface area contributed by atoms with Crippen LogP contribution in [0.4, 0.5) is 5.82 Å². The third kappa shape index (κ3) is 11.1. The third-order valence-electron chi connectivity index (χ3n) is 6.61. The zero-order valence-electron chi connectivity index (χ0n) is 24.5. The minimum atomic E-state index is -0.995.